The first-order chi connectivity index (χ1) is 8.44. The van der Waals surface area contributed by atoms with Crippen LogP contribution in [0.1, 0.15) is 27.2 Å². The number of rotatable bonds is 7. The lowest BCUT2D eigenvalue weighted by molar-refractivity contribution is -0.00396. The normalized spacial score (nSPS) is 20.3. The molecule has 1 aliphatic heterocycles. The molecule has 1 unspecified atom stereocenters. The van der Waals surface area contributed by atoms with Crippen LogP contribution in [0.15, 0.2) is 0 Å². The Hall–Kier alpha value is -0.160. The van der Waals surface area contributed by atoms with E-state index < -0.39 is 0 Å². The molecule has 1 atom stereocenters. The summed E-state index contributed by atoms with van der Waals surface area (Å²) in [5.41, 5.74) is -0.0251. The Balaban J connectivity index is 2.24. The van der Waals surface area contributed by atoms with E-state index in [2.05, 4.69) is 42.9 Å². The number of methoxy groups -OCH3 is 1. The molecule has 0 aromatic rings. The molecule has 0 spiro atoms. The number of nitrogens with zero attached hydrogens (tertiary/aromatic N) is 2. The lowest BCUT2D eigenvalue weighted by Gasteiger charge is -2.34. The van der Waals surface area contributed by atoms with Gasteiger partial charge in [-0.1, -0.05) is 0 Å². The Labute approximate surface area is 113 Å². The van der Waals surface area contributed by atoms with Gasteiger partial charge in [0.15, 0.2) is 0 Å². The molecule has 108 valence electrons. The second-order valence-corrected chi connectivity index (χ2v) is 6.09. The van der Waals surface area contributed by atoms with Crippen LogP contribution in [0.25, 0.3) is 0 Å². The predicted molar refractivity (Wildman–Crippen MR) is 77.1 cm³/mol. The van der Waals surface area contributed by atoms with E-state index in [4.69, 9.17) is 4.74 Å². The van der Waals surface area contributed by atoms with Gasteiger partial charge in [-0.25, -0.2) is 0 Å². The molecule has 0 amide bonds. The molecule has 0 bridgehead atoms. The van der Waals surface area contributed by atoms with Crippen LogP contribution in [0.4, 0.5) is 0 Å². The monoisotopic (exact) mass is 257 g/mol. The van der Waals surface area contributed by atoms with Crippen LogP contribution in [0.2, 0.25) is 0 Å². The van der Waals surface area contributed by atoms with E-state index in [1.54, 1.807) is 7.11 Å². The van der Waals surface area contributed by atoms with Crippen molar-refractivity contribution in [2.75, 3.05) is 53.4 Å². The van der Waals surface area contributed by atoms with Crippen LogP contribution >= 0.6 is 0 Å². The minimum Gasteiger partial charge on any atom is -0.379 e. The standard InChI is InChI=1S/C14H31N3O/c1-13(12-14(2,3)18-5)16(4)10-11-17-8-6-15-7-9-17/h13,15H,6-12H2,1-5H3. The van der Waals surface area contributed by atoms with E-state index in [1.807, 2.05) is 0 Å². The van der Waals surface area contributed by atoms with E-state index in [0.29, 0.717) is 6.04 Å². The Bertz CT molecular complexity index is 227. The molecule has 1 N–H and O–H groups in total. The Morgan fingerprint density at radius 1 is 1.33 bits per heavy atom. The summed E-state index contributed by atoms with van der Waals surface area (Å²) in [5.74, 6) is 0. The van der Waals surface area contributed by atoms with Gasteiger partial charge in [0.2, 0.25) is 0 Å². The van der Waals surface area contributed by atoms with Crippen molar-refractivity contribution in [3.05, 3.63) is 0 Å². The summed E-state index contributed by atoms with van der Waals surface area (Å²) in [4.78, 5) is 4.99. The van der Waals surface area contributed by atoms with Crippen LogP contribution in [-0.2, 0) is 4.74 Å². The number of hydrogen-bond donors (Lipinski definition) is 1. The van der Waals surface area contributed by atoms with E-state index >= 15 is 0 Å². The van der Waals surface area contributed by atoms with Gasteiger partial charge in [-0.3, -0.25) is 4.90 Å². The molecule has 0 aromatic carbocycles. The maximum atomic E-state index is 5.51. The maximum Gasteiger partial charge on any atom is 0.0637 e. The minimum atomic E-state index is -0.0251. The average Bonchev–Trinajstić information content (AvgIpc) is 2.36. The summed E-state index contributed by atoms with van der Waals surface area (Å²) in [7, 11) is 4.02. The van der Waals surface area contributed by atoms with Gasteiger partial charge in [-0.2, -0.15) is 0 Å². The summed E-state index contributed by atoms with van der Waals surface area (Å²) in [6, 6.07) is 0.558. The fourth-order valence-corrected chi connectivity index (χ4v) is 2.40. The lowest BCUT2D eigenvalue weighted by Crippen LogP contribution is -2.47. The van der Waals surface area contributed by atoms with Gasteiger partial charge >= 0.3 is 0 Å². The van der Waals surface area contributed by atoms with Gasteiger partial charge in [0.25, 0.3) is 0 Å². The van der Waals surface area contributed by atoms with Crippen molar-refractivity contribution in [3.8, 4) is 0 Å². The predicted octanol–water partition coefficient (Wildman–Crippen LogP) is 1.03. The number of ether oxygens (including phenoxy) is 1. The van der Waals surface area contributed by atoms with Crippen LogP contribution in [0.3, 0.4) is 0 Å². The summed E-state index contributed by atoms with van der Waals surface area (Å²) >= 11 is 0. The van der Waals surface area contributed by atoms with Crippen molar-refractivity contribution >= 4 is 0 Å². The summed E-state index contributed by atoms with van der Waals surface area (Å²) in [6.07, 6.45) is 1.07. The van der Waals surface area contributed by atoms with Crippen molar-refractivity contribution in [1.29, 1.82) is 0 Å². The molecule has 18 heavy (non-hydrogen) atoms. The molecule has 0 radical (unpaired) electrons. The van der Waals surface area contributed by atoms with Crippen LogP contribution in [0, 0.1) is 0 Å². The molecule has 1 fully saturated rings. The average molecular weight is 257 g/mol. The van der Waals surface area contributed by atoms with Crippen molar-refractivity contribution < 1.29 is 4.74 Å². The summed E-state index contributed by atoms with van der Waals surface area (Å²) in [5, 5.41) is 3.39. The second kappa shape index (κ2) is 7.43. The van der Waals surface area contributed by atoms with E-state index in [-0.39, 0.29) is 5.60 Å². The zero-order chi connectivity index (χ0) is 13.6. The first-order valence-corrected chi connectivity index (χ1v) is 7.13. The van der Waals surface area contributed by atoms with E-state index in [9.17, 15) is 0 Å². The lowest BCUT2D eigenvalue weighted by atomic mass is 9.99. The van der Waals surface area contributed by atoms with Crippen molar-refractivity contribution in [2.45, 2.75) is 38.8 Å². The van der Waals surface area contributed by atoms with E-state index in [1.165, 1.54) is 19.6 Å². The van der Waals surface area contributed by atoms with Crippen LogP contribution < -0.4 is 5.32 Å². The van der Waals surface area contributed by atoms with Crippen molar-refractivity contribution in [3.63, 3.8) is 0 Å². The number of nitrogens with one attached hydrogen (secondary N) is 1. The van der Waals surface area contributed by atoms with Gasteiger partial charge in [0, 0.05) is 52.4 Å². The zero-order valence-electron chi connectivity index (χ0n) is 12.8. The minimum absolute atomic E-state index is 0.0251. The smallest absolute Gasteiger partial charge is 0.0637 e. The molecule has 4 heteroatoms. The highest BCUT2D eigenvalue weighted by Crippen LogP contribution is 2.18. The SMILES string of the molecule is COC(C)(C)CC(C)N(C)CCN1CCNCC1. The van der Waals surface area contributed by atoms with Gasteiger partial charge in [-0.05, 0) is 34.2 Å². The first kappa shape index (κ1) is 15.9. The fraction of sp³-hybridized carbons (Fsp3) is 1.00. The molecule has 1 aliphatic rings. The molecule has 4 nitrogen and oxygen atoms in total. The highest BCUT2D eigenvalue weighted by atomic mass is 16.5. The third-order valence-corrected chi connectivity index (χ3v) is 4.07. The van der Waals surface area contributed by atoms with Gasteiger partial charge in [0.05, 0.1) is 5.60 Å². The fourth-order valence-electron chi connectivity index (χ4n) is 2.40. The Kier molecular flexibility index (Phi) is 6.57. The molecular formula is C14H31N3O. The Morgan fingerprint density at radius 2 is 1.94 bits per heavy atom. The number of hydrogen-bond acceptors (Lipinski definition) is 4. The summed E-state index contributed by atoms with van der Waals surface area (Å²) < 4.78 is 5.51. The maximum absolute atomic E-state index is 5.51. The molecule has 1 rings (SSSR count). The quantitative estimate of drug-likeness (QED) is 0.737. The molecule has 0 aromatic heterocycles. The second-order valence-electron chi connectivity index (χ2n) is 6.09. The number of piperazine rings is 1. The topological polar surface area (TPSA) is 27.7 Å². The highest BCUT2D eigenvalue weighted by molar-refractivity contribution is 4.77. The Morgan fingerprint density at radius 3 is 2.50 bits per heavy atom. The first-order valence-electron chi connectivity index (χ1n) is 7.13. The zero-order valence-corrected chi connectivity index (χ0v) is 12.8. The third-order valence-electron chi connectivity index (χ3n) is 4.07. The third kappa shape index (κ3) is 5.65. The van der Waals surface area contributed by atoms with Gasteiger partial charge < -0.3 is 15.0 Å². The van der Waals surface area contributed by atoms with E-state index in [0.717, 1.165) is 26.1 Å². The molecule has 0 saturated carbocycles. The van der Waals surface area contributed by atoms with Crippen LogP contribution in [0.5, 0.6) is 0 Å². The van der Waals surface area contributed by atoms with Crippen molar-refractivity contribution in [1.82, 2.24) is 15.1 Å². The molecule has 0 aliphatic carbocycles. The molecule has 1 heterocycles. The number of likely N-dealkylation sites (N-methyl/N-ethyl adjacent to an activating group) is 1. The molecule has 1 saturated heterocycles. The van der Waals surface area contributed by atoms with Crippen molar-refractivity contribution in [2.24, 2.45) is 0 Å². The molecular weight excluding hydrogens is 226 g/mol. The highest BCUT2D eigenvalue weighted by Gasteiger charge is 2.22. The van der Waals surface area contributed by atoms with Gasteiger partial charge in [-0.15, -0.1) is 0 Å². The largest absolute Gasteiger partial charge is 0.379 e. The van der Waals surface area contributed by atoms with Gasteiger partial charge in [0.1, 0.15) is 0 Å². The van der Waals surface area contributed by atoms with Crippen LogP contribution in [-0.4, -0.2) is 74.9 Å². The summed E-state index contributed by atoms with van der Waals surface area (Å²) in [6.45, 7) is 13.6.